The number of benzene rings is 1. The Labute approximate surface area is 108 Å². The van der Waals surface area contributed by atoms with Crippen molar-refractivity contribution in [1.29, 1.82) is 10.5 Å². The molecule has 0 aliphatic heterocycles. The van der Waals surface area contributed by atoms with Crippen molar-refractivity contribution in [3.63, 3.8) is 0 Å². The lowest BCUT2D eigenvalue weighted by Crippen LogP contribution is -1.94. The molecular weight excluding hydrogens is 246 g/mol. The molecule has 0 saturated carbocycles. The molecule has 0 fully saturated rings. The Bertz CT molecular complexity index is 647. The zero-order valence-corrected chi connectivity index (χ0v) is 10.4. The predicted octanol–water partition coefficient (Wildman–Crippen LogP) is 2.67. The molecule has 1 aromatic heterocycles. The molecular formula is C12H9N5S. The molecule has 0 spiro atoms. The van der Waals surface area contributed by atoms with E-state index in [-0.39, 0.29) is 0 Å². The Kier molecular flexibility index (Phi) is 3.42. The number of hydrogen-bond acceptors (Lipinski definition) is 6. The van der Waals surface area contributed by atoms with Crippen molar-refractivity contribution in [2.75, 3.05) is 17.7 Å². The number of hydrogen-bond donors (Lipinski definition) is 2. The SMILES string of the molecule is CNc1nc(Nc2cccc(C#N)c2)c(C#N)s1. The van der Waals surface area contributed by atoms with Gasteiger partial charge in [0.25, 0.3) is 0 Å². The third-order valence-electron chi connectivity index (χ3n) is 2.20. The summed E-state index contributed by atoms with van der Waals surface area (Å²) < 4.78 is 0. The monoisotopic (exact) mass is 255 g/mol. The van der Waals surface area contributed by atoms with Crippen molar-refractivity contribution in [3.05, 3.63) is 34.7 Å². The van der Waals surface area contributed by atoms with E-state index in [0.717, 1.165) is 5.69 Å². The fourth-order valence-corrected chi connectivity index (χ4v) is 2.06. The number of thiazole rings is 1. The lowest BCUT2D eigenvalue weighted by molar-refractivity contribution is 1.33. The molecule has 0 bridgehead atoms. The van der Waals surface area contributed by atoms with Gasteiger partial charge in [-0.05, 0) is 18.2 Å². The second-order valence-electron chi connectivity index (χ2n) is 3.38. The lowest BCUT2D eigenvalue weighted by Gasteiger charge is -2.03. The number of nitriles is 2. The molecule has 0 aliphatic carbocycles. The highest BCUT2D eigenvalue weighted by molar-refractivity contribution is 7.16. The minimum atomic E-state index is 0.502. The van der Waals surface area contributed by atoms with Crippen LogP contribution in [0.4, 0.5) is 16.6 Å². The summed E-state index contributed by atoms with van der Waals surface area (Å²) in [5, 5.41) is 24.4. The normalized spacial score (nSPS) is 9.28. The molecule has 0 unspecified atom stereocenters. The smallest absolute Gasteiger partial charge is 0.185 e. The maximum atomic E-state index is 9.01. The van der Waals surface area contributed by atoms with Gasteiger partial charge in [0.05, 0.1) is 11.6 Å². The molecule has 6 heteroatoms. The average molecular weight is 255 g/mol. The summed E-state index contributed by atoms with van der Waals surface area (Å²) in [6.45, 7) is 0. The minimum Gasteiger partial charge on any atom is -0.364 e. The van der Waals surface area contributed by atoms with Gasteiger partial charge < -0.3 is 10.6 Å². The van der Waals surface area contributed by atoms with E-state index in [1.807, 2.05) is 6.07 Å². The van der Waals surface area contributed by atoms with E-state index in [2.05, 4.69) is 27.8 Å². The Hall–Kier alpha value is -2.57. The highest BCUT2D eigenvalue weighted by Gasteiger charge is 2.10. The van der Waals surface area contributed by atoms with Gasteiger partial charge in [-0.3, -0.25) is 0 Å². The standard InChI is InChI=1S/C12H9N5S/c1-15-12-17-11(10(7-14)18-12)16-9-4-2-3-8(5-9)6-13/h2-5,16H,1H3,(H,15,17). The molecule has 2 aromatic rings. The summed E-state index contributed by atoms with van der Waals surface area (Å²) >= 11 is 1.28. The maximum absolute atomic E-state index is 9.01. The van der Waals surface area contributed by atoms with Crippen LogP contribution in [0.2, 0.25) is 0 Å². The zero-order chi connectivity index (χ0) is 13.0. The van der Waals surface area contributed by atoms with Gasteiger partial charge in [-0.15, -0.1) is 0 Å². The van der Waals surface area contributed by atoms with Gasteiger partial charge in [0.1, 0.15) is 6.07 Å². The molecule has 18 heavy (non-hydrogen) atoms. The van der Waals surface area contributed by atoms with Crippen molar-refractivity contribution in [2.24, 2.45) is 0 Å². The molecule has 2 N–H and O–H groups in total. The van der Waals surface area contributed by atoms with Gasteiger partial charge in [0, 0.05) is 12.7 Å². The van der Waals surface area contributed by atoms with Crippen LogP contribution in [-0.4, -0.2) is 12.0 Å². The van der Waals surface area contributed by atoms with Crippen molar-refractivity contribution in [2.45, 2.75) is 0 Å². The van der Waals surface area contributed by atoms with E-state index in [9.17, 15) is 0 Å². The third-order valence-corrected chi connectivity index (χ3v) is 3.17. The van der Waals surface area contributed by atoms with Gasteiger partial charge >= 0.3 is 0 Å². The summed E-state index contributed by atoms with van der Waals surface area (Å²) in [5.41, 5.74) is 1.29. The fourth-order valence-electron chi connectivity index (χ4n) is 1.39. The minimum absolute atomic E-state index is 0.502. The van der Waals surface area contributed by atoms with Gasteiger partial charge in [0.15, 0.2) is 15.8 Å². The zero-order valence-electron chi connectivity index (χ0n) is 9.56. The first kappa shape index (κ1) is 11.9. The summed E-state index contributed by atoms with van der Waals surface area (Å²) in [6, 6.07) is 11.2. The second-order valence-corrected chi connectivity index (χ2v) is 4.38. The van der Waals surface area contributed by atoms with Crippen LogP contribution < -0.4 is 10.6 Å². The first-order chi connectivity index (χ1) is 8.76. The van der Waals surface area contributed by atoms with Crippen LogP contribution in [-0.2, 0) is 0 Å². The van der Waals surface area contributed by atoms with E-state index in [0.29, 0.717) is 21.4 Å². The molecule has 5 nitrogen and oxygen atoms in total. The molecule has 0 atom stereocenters. The lowest BCUT2D eigenvalue weighted by atomic mass is 10.2. The Morgan fingerprint density at radius 3 is 2.78 bits per heavy atom. The summed E-state index contributed by atoms with van der Waals surface area (Å²) in [5.74, 6) is 0.502. The van der Waals surface area contributed by atoms with Crippen LogP contribution in [0.1, 0.15) is 10.4 Å². The summed E-state index contributed by atoms with van der Waals surface area (Å²) in [4.78, 5) is 4.74. The highest BCUT2D eigenvalue weighted by Crippen LogP contribution is 2.28. The van der Waals surface area contributed by atoms with Crippen LogP contribution in [0, 0.1) is 22.7 Å². The van der Waals surface area contributed by atoms with Crippen molar-refractivity contribution < 1.29 is 0 Å². The molecule has 0 saturated heterocycles. The quantitative estimate of drug-likeness (QED) is 0.880. The number of rotatable bonds is 3. The van der Waals surface area contributed by atoms with Crippen molar-refractivity contribution in [3.8, 4) is 12.1 Å². The summed E-state index contributed by atoms with van der Waals surface area (Å²) in [6.07, 6.45) is 0. The maximum Gasteiger partial charge on any atom is 0.185 e. The number of aromatic nitrogens is 1. The Morgan fingerprint density at radius 2 is 2.11 bits per heavy atom. The molecule has 0 aliphatic rings. The van der Waals surface area contributed by atoms with Crippen LogP contribution >= 0.6 is 11.3 Å². The van der Waals surface area contributed by atoms with E-state index < -0.39 is 0 Å². The molecule has 88 valence electrons. The molecule has 0 radical (unpaired) electrons. The molecule has 0 amide bonds. The van der Waals surface area contributed by atoms with Crippen LogP contribution in [0.3, 0.4) is 0 Å². The number of nitrogens with zero attached hydrogens (tertiary/aromatic N) is 3. The van der Waals surface area contributed by atoms with Crippen molar-refractivity contribution >= 4 is 28.0 Å². The Morgan fingerprint density at radius 1 is 1.28 bits per heavy atom. The van der Waals surface area contributed by atoms with E-state index in [1.54, 1.807) is 25.2 Å². The molecule has 2 rings (SSSR count). The van der Waals surface area contributed by atoms with E-state index in [1.165, 1.54) is 11.3 Å². The first-order valence-electron chi connectivity index (χ1n) is 5.12. The van der Waals surface area contributed by atoms with Crippen LogP contribution in [0.15, 0.2) is 24.3 Å². The summed E-state index contributed by atoms with van der Waals surface area (Å²) in [7, 11) is 1.75. The van der Waals surface area contributed by atoms with Gasteiger partial charge in [-0.2, -0.15) is 10.5 Å². The van der Waals surface area contributed by atoms with Crippen LogP contribution in [0.5, 0.6) is 0 Å². The van der Waals surface area contributed by atoms with Gasteiger partial charge in [-0.1, -0.05) is 17.4 Å². The van der Waals surface area contributed by atoms with E-state index >= 15 is 0 Å². The first-order valence-corrected chi connectivity index (χ1v) is 5.94. The largest absolute Gasteiger partial charge is 0.364 e. The van der Waals surface area contributed by atoms with Crippen LogP contribution in [0.25, 0.3) is 0 Å². The fraction of sp³-hybridized carbons (Fsp3) is 0.0833. The number of nitrogens with one attached hydrogen (secondary N) is 2. The molecule has 1 aromatic carbocycles. The van der Waals surface area contributed by atoms with E-state index in [4.69, 9.17) is 10.5 Å². The third kappa shape index (κ3) is 2.40. The topological polar surface area (TPSA) is 84.5 Å². The number of anilines is 3. The Balaban J connectivity index is 2.31. The predicted molar refractivity (Wildman–Crippen MR) is 70.8 cm³/mol. The second kappa shape index (κ2) is 5.17. The van der Waals surface area contributed by atoms with Crippen molar-refractivity contribution in [1.82, 2.24) is 4.98 Å². The molecule has 1 heterocycles. The average Bonchev–Trinajstić information content (AvgIpc) is 2.81. The van der Waals surface area contributed by atoms with Gasteiger partial charge in [0.2, 0.25) is 0 Å². The van der Waals surface area contributed by atoms with Gasteiger partial charge in [-0.25, -0.2) is 4.98 Å². The highest BCUT2D eigenvalue weighted by atomic mass is 32.1.